The maximum atomic E-state index is 12.6. The van der Waals surface area contributed by atoms with Crippen LogP contribution in [-0.4, -0.2) is 38.3 Å². The molecular formula is C31H19Cl2N5O3S4. The molecule has 224 valence electrons. The van der Waals surface area contributed by atoms with Crippen molar-refractivity contribution in [2.45, 2.75) is 8.68 Å². The predicted octanol–water partition coefficient (Wildman–Crippen LogP) is 9.48. The molecule has 3 aromatic heterocycles. The number of carbonyl (C=O) groups is 2. The molecule has 3 heterocycles. The number of nitrogens with zero attached hydrogens (tertiary/aromatic N) is 3. The van der Waals surface area contributed by atoms with Gasteiger partial charge in [-0.15, -0.1) is 22.7 Å². The Morgan fingerprint density at radius 3 is 1.82 bits per heavy atom. The van der Waals surface area contributed by atoms with Gasteiger partial charge in [0.1, 0.15) is 5.52 Å². The molecule has 7 rings (SSSR count). The number of amides is 2. The minimum absolute atomic E-state index is 0.134. The van der Waals surface area contributed by atoms with Crippen LogP contribution in [0.1, 0.15) is 0 Å². The SMILES string of the molecule is O=C(CSc1nc2cc(Cl)ccc2s1)Nc1ccc(-c2nc3cc(NC(=O)CSc4nc5cc(Cl)ccc5s4)ccc3o2)cc1. The molecule has 0 fully saturated rings. The molecule has 2 amide bonds. The van der Waals surface area contributed by atoms with Crippen molar-refractivity contribution in [1.29, 1.82) is 0 Å². The summed E-state index contributed by atoms with van der Waals surface area (Å²) in [5.74, 6) is 0.597. The highest BCUT2D eigenvalue weighted by Gasteiger charge is 2.13. The number of fused-ring (bicyclic) bond motifs is 3. The maximum absolute atomic E-state index is 12.6. The van der Waals surface area contributed by atoms with Crippen molar-refractivity contribution < 1.29 is 14.0 Å². The van der Waals surface area contributed by atoms with E-state index in [9.17, 15) is 9.59 Å². The molecule has 0 aliphatic carbocycles. The van der Waals surface area contributed by atoms with Crippen LogP contribution in [0.3, 0.4) is 0 Å². The minimum atomic E-state index is -0.151. The first-order valence-corrected chi connectivity index (χ1v) is 17.7. The molecule has 0 saturated carbocycles. The van der Waals surface area contributed by atoms with Gasteiger partial charge in [-0.25, -0.2) is 15.0 Å². The smallest absolute Gasteiger partial charge is 0.234 e. The standard InChI is InChI=1S/C31H19Cl2N5O3S4/c32-17-3-9-25-22(11-17)37-30(44-25)42-14-27(39)34-19-5-1-16(2-6-19)29-36-21-13-20(7-8-24(21)41-29)35-28(40)15-43-31-38-23-12-18(33)4-10-26(23)45-31/h1-13H,14-15H2,(H,34,39)(H,35,40). The van der Waals surface area contributed by atoms with E-state index in [1.165, 1.54) is 46.2 Å². The van der Waals surface area contributed by atoms with Gasteiger partial charge in [-0.3, -0.25) is 9.59 Å². The zero-order valence-electron chi connectivity index (χ0n) is 22.9. The Bertz CT molecular complexity index is 2210. The molecule has 7 aromatic rings. The third-order valence-corrected chi connectivity index (χ3v) is 11.2. The molecule has 0 aliphatic heterocycles. The van der Waals surface area contributed by atoms with E-state index in [2.05, 4.69) is 25.6 Å². The van der Waals surface area contributed by atoms with Crippen molar-refractivity contribution in [3.05, 3.63) is 88.9 Å². The number of carbonyl (C=O) groups excluding carboxylic acids is 2. The van der Waals surface area contributed by atoms with Gasteiger partial charge in [0, 0.05) is 27.0 Å². The number of nitrogens with one attached hydrogen (secondary N) is 2. The highest BCUT2D eigenvalue weighted by atomic mass is 35.5. The number of benzene rings is 4. The number of rotatable bonds is 9. The van der Waals surface area contributed by atoms with Crippen LogP contribution in [0.15, 0.2) is 92.0 Å². The van der Waals surface area contributed by atoms with E-state index in [1.54, 1.807) is 30.3 Å². The summed E-state index contributed by atoms with van der Waals surface area (Å²) in [4.78, 5) is 38.9. The van der Waals surface area contributed by atoms with Gasteiger partial charge >= 0.3 is 0 Å². The van der Waals surface area contributed by atoms with Crippen LogP contribution < -0.4 is 10.6 Å². The average molecular weight is 709 g/mol. The van der Waals surface area contributed by atoms with Crippen LogP contribution >= 0.6 is 69.4 Å². The molecule has 2 N–H and O–H groups in total. The summed E-state index contributed by atoms with van der Waals surface area (Å²) >= 11 is 17.9. The Kier molecular flexibility index (Phi) is 8.67. The number of anilines is 2. The molecule has 45 heavy (non-hydrogen) atoms. The molecule has 0 atom stereocenters. The third kappa shape index (κ3) is 7.11. The highest BCUT2D eigenvalue weighted by Crippen LogP contribution is 2.33. The van der Waals surface area contributed by atoms with Gasteiger partial charge in [-0.05, 0) is 78.9 Å². The molecule has 0 aliphatic rings. The lowest BCUT2D eigenvalue weighted by Crippen LogP contribution is -2.13. The lowest BCUT2D eigenvalue weighted by atomic mass is 10.2. The Morgan fingerprint density at radius 2 is 1.22 bits per heavy atom. The quantitative estimate of drug-likeness (QED) is 0.143. The lowest BCUT2D eigenvalue weighted by molar-refractivity contribution is -0.114. The molecular weight excluding hydrogens is 690 g/mol. The number of halogens is 2. The summed E-state index contributed by atoms with van der Waals surface area (Å²) < 4.78 is 9.62. The van der Waals surface area contributed by atoms with Gasteiger partial charge in [0.05, 0.1) is 31.9 Å². The Hall–Kier alpha value is -3.65. The summed E-state index contributed by atoms with van der Waals surface area (Å²) in [6, 6.07) is 23.7. The van der Waals surface area contributed by atoms with Crippen LogP contribution in [0.25, 0.3) is 43.0 Å². The summed E-state index contributed by atoms with van der Waals surface area (Å²) in [5, 5.41) is 7.09. The minimum Gasteiger partial charge on any atom is -0.436 e. The van der Waals surface area contributed by atoms with E-state index in [0.717, 1.165) is 34.7 Å². The molecule has 0 saturated heterocycles. The van der Waals surface area contributed by atoms with E-state index in [-0.39, 0.29) is 23.3 Å². The summed E-state index contributed by atoms with van der Waals surface area (Å²) in [6.07, 6.45) is 0. The summed E-state index contributed by atoms with van der Waals surface area (Å²) in [5.41, 5.74) is 4.90. The van der Waals surface area contributed by atoms with Gasteiger partial charge in [0.15, 0.2) is 14.3 Å². The molecule has 4 aromatic carbocycles. The van der Waals surface area contributed by atoms with Crippen molar-refractivity contribution in [1.82, 2.24) is 15.0 Å². The molecule has 8 nitrogen and oxygen atoms in total. The van der Waals surface area contributed by atoms with E-state index in [4.69, 9.17) is 27.6 Å². The van der Waals surface area contributed by atoms with Gasteiger partial charge in [-0.2, -0.15) is 0 Å². The van der Waals surface area contributed by atoms with Crippen LogP contribution in [0.2, 0.25) is 10.0 Å². The van der Waals surface area contributed by atoms with E-state index in [0.29, 0.717) is 38.4 Å². The number of hydrogen-bond donors (Lipinski definition) is 2. The first kappa shape index (κ1) is 30.0. The van der Waals surface area contributed by atoms with E-state index in [1.807, 2.05) is 48.5 Å². The zero-order chi connectivity index (χ0) is 30.9. The van der Waals surface area contributed by atoms with Gasteiger partial charge in [0.2, 0.25) is 17.7 Å². The van der Waals surface area contributed by atoms with Crippen LogP contribution in [0.5, 0.6) is 0 Å². The second kappa shape index (κ2) is 13.0. The predicted molar refractivity (Wildman–Crippen MR) is 187 cm³/mol. The number of thiazole rings is 2. The fourth-order valence-corrected chi connectivity index (χ4v) is 8.39. The first-order chi connectivity index (χ1) is 21.8. The van der Waals surface area contributed by atoms with Crippen molar-refractivity contribution >= 4 is 124 Å². The number of oxazole rings is 1. The highest BCUT2D eigenvalue weighted by molar-refractivity contribution is 8.02. The molecule has 14 heteroatoms. The maximum Gasteiger partial charge on any atom is 0.234 e. The monoisotopic (exact) mass is 707 g/mol. The first-order valence-electron chi connectivity index (χ1n) is 13.3. The fourth-order valence-electron chi connectivity index (χ4n) is 4.36. The van der Waals surface area contributed by atoms with Crippen molar-refractivity contribution in [2.24, 2.45) is 0 Å². The summed E-state index contributed by atoms with van der Waals surface area (Å²) in [7, 11) is 0. The second-order valence-corrected chi connectivity index (χ2v) is 15.0. The molecule has 0 radical (unpaired) electrons. The van der Waals surface area contributed by atoms with Crippen LogP contribution in [0, 0.1) is 0 Å². The van der Waals surface area contributed by atoms with Gasteiger partial charge < -0.3 is 15.1 Å². The zero-order valence-corrected chi connectivity index (χ0v) is 27.7. The topological polar surface area (TPSA) is 110 Å². The van der Waals surface area contributed by atoms with Crippen molar-refractivity contribution in [2.75, 3.05) is 22.1 Å². The van der Waals surface area contributed by atoms with Gasteiger partial charge in [0.25, 0.3) is 0 Å². The van der Waals surface area contributed by atoms with Gasteiger partial charge in [-0.1, -0.05) is 46.7 Å². The Morgan fingerprint density at radius 1 is 0.667 bits per heavy atom. The number of thioether (sulfide) groups is 2. The van der Waals surface area contributed by atoms with E-state index < -0.39 is 0 Å². The molecule has 0 unspecified atom stereocenters. The number of hydrogen-bond acceptors (Lipinski definition) is 10. The molecule has 0 spiro atoms. The largest absolute Gasteiger partial charge is 0.436 e. The summed E-state index contributed by atoms with van der Waals surface area (Å²) in [6.45, 7) is 0. The van der Waals surface area contributed by atoms with Crippen LogP contribution in [-0.2, 0) is 9.59 Å². The number of aromatic nitrogens is 3. The third-order valence-electron chi connectivity index (χ3n) is 6.40. The Balaban J connectivity index is 0.937. The van der Waals surface area contributed by atoms with Crippen molar-refractivity contribution in [3.63, 3.8) is 0 Å². The van der Waals surface area contributed by atoms with Crippen molar-refractivity contribution in [3.8, 4) is 11.5 Å². The second-order valence-electron chi connectivity index (χ2n) is 9.64. The lowest BCUT2D eigenvalue weighted by Gasteiger charge is -2.04. The molecule has 0 bridgehead atoms. The fraction of sp³-hybridized carbons (Fsp3) is 0.0645. The van der Waals surface area contributed by atoms with E-state index >= 15 is 0 Å². The normalized spacial score (nSPS) is 11.4. The van der Waals surface area contributed by atoms with Crippen LogP contribution in [0.4, 0.5) is 11.4 Å². The Labute approximate surface area is 282 Å². The average Bonchev–Trinajstić information content (AvgIpc) is 3.75.